The third-order valence-electron chi connectivity index (χ3n) is 2.88. The lowest BCUT2D eigenvalue weighted by atomic mass is 10.1. The summed E-state index contributed by atoms with van der Waals surface area (Å²) in [5.74, 6) is 0. The number of halogens is 1. The fourth-order valence-electron chi connectivity index (χ4n) is 1.97. The van der Waals surface area contributed by atoms with Gasteiger partial charge in [0.05, 0.1) is 18.1 Å². The molecule has 0 radical (unpaired) electrons. The maximum Gasteiger partial charge on any atom is 0.0946 e. The average molecular weight is 328 g/mol. The zero-order chi connectivity index (χ0) is 13.0. The van der Waals surface area contributed by atoms with Gasteiger partial charge in [0.15, 0.2) is 0 Å². The summed E-state index contributed by atoms with van der Waals surface area (Å²) < 4.78 is 3.26. The van der Waals surface area contributed by atoms with E-state index in [1.54, 1.807) is 11.3 Å². The van der Waals surface area contributed by atoms with Gasteiger partial charge >= 0.3 is 0 Å². The Kier molecular flexibility index (Phi) is 4.97. The number of nitrogens with zero attached hydrogens (tertiary/aromatic N) is 2. The molecule has 2 aromatic rings. The zero-order valence-corrected chi connectivity index (χ0v) is 13.1. The fourth-order valence-corrected chi connectivity index (χ4v) is 3.46. The predicted molar refractivity (Wildman–Crippen MR) is 80.0 cm³/mol. The molecule has 5 heteroatoms. The molecule has 3 nitrogen and oxygen atoms in total. The highest BCUT2D eigenvalue weighted by Gasteiger charge is 2.15. The molecule has 1 N–H and O–H groups in total. The van der Waals surface area contributed by atoms with Crippen molar-refractivity contribution in [1.29, 1.82) is 0 Å². The Morgan fingerprint density at radius 3 is 2.94 bits per heavy atom. The number of imidazole rings is 1. The number of thiophene rings is 1. The summed E-state index contributed by atoms with van der Waals surface area (Å²) in [6.07, 6.45) is 5.97. The highest BCUT2D eigenvalue weighted by Crippen LogP contribution is 2.25. The lowest BCUT2D eigenvalue weighted by Gasteiger charge is -2.18. The number of aromatic nitrogens is 2. The van der Waals surface area contributed by atoms with E-state index in [0.29, 0.717) is 6.04 Å². The van der Waals surface area contributed by atoms with Gasteiger partial charge in [0.2, 0.25) is 0 Å². The average Bonchev–Trinajstić information content (AvgIpc) is 2.93. The van der Waals surface area contributed by atoms with E-state index in [-0.39, 0.29) is 0 Å². The van der Waals surface area contributed by atoms with Crippen molar-refractivity contribution in [1.82, 2.24) is 14.9 Å². The minimum Gasteiger partial charge on any atom is -0.336 e. The molecular formula is C13H18BrN3S. The van der Waals surface area contributed by atoms with E-state index in [0.717, 1.165) is 19.4 Å². The van der Waals surface area contributed by atoms with Gasteiger partial charge in [-0.05, 0) is 35.0 Å². The summed E-state index contributed by atoms with van der Waals surface area (Å²) in [6, 6.07) is 2.53. The first-order valence-electron chi connectivity index (χ1n) is 6.13. The van der Waals surface area contributed by atoms with E-state index in [1.165, 1.54) is 15.0 Å². The Balaban J connectivity index is 2.12. The molecule has 0 spiro atoms. The highest BCUT2D eigenvalue weighted by molar-refractivity contribution is 9.10. The van der Waals surface area contributed by atoms with E-state index in [2.05, 4.69) is 49.2 Å². The van der Waals surface area contributed by atoms with Gasteiger partial charge in [0, 0.05) is 34.4 Å². The quantitative estimate of drug-likeness (QED) is 0.879. The summed E-state index contributed by atoms with van der Waals surface area (Å²) >= 11 is 5.31. The number of rotatable bonds is 6. The van der Waals surface area contributed by atoms with Crippen LogP contribution in [0.5, 0.6) is 0 Å². The second-order valence-corrected chi connectivity index (χ2v) is 6.28. The van der Waals surface area contributed by atoms with Crippen molar-refractivity contribution in [2.45, 2.75) is 25.8 Å². The van der Waals surface area contributed by atoms with Gasteiger partial charge in [-0.15, -0.1) is 11.3 Å². The van der Waals surface area contributed by atoms with Crippen LogP contribution >= 0.6 is 27.3 Å². The first-order valence-corrected chi connectivity index (χ1v) is 7.80. The molecule has 0 saturated carbocycles. The van der Waals surface area contributed by atoms with Crippen LogP contribution in [0.25, 0.3) is 0 Å². The lowest BCUT2D eigenvalue weighted by Crippen LogP contribution is -2.25. The molecule has 0 amide bonds. The molecule has 18 heavy (non-hydrogen) atoms. The molecule has 1 unspecified atom stereocenters. The maximum absolute atomic E-state index is 4.21. The van der Waals surface area contributed by atoms with Gasteiger partial charge in [-0.1, -0.05) is 6.92 Å². The van der Waals surface area contributed by atoms with Crippen molar-refractivity contribution in [3.63, 3.8) is 0 Å². The van der Waals surface area contributed by atoms with E-state index in [4.69, 9.17) is 0 Å². The lowest BCUT2D eigenvalue weighted by molar-refractivity contribution is 0.507. The van der Waals surface area contributed by atoms with Crippen molar-refractivity contribution in [3.8, 4) is 0 Å². The first kappa shape index (κ1) is 13.8. The minimum atomic E-state index is 0.336. The number of aryl methyl sites for hydroxylation is 1. The van der Waals surface area contributed by atoms with Crippen LogP contribution in [0.1, 0.15) is 30.0 Å². The predicted octanol–water partition coefficient (Wildman–Crippen LogP) is 3.53. The largest absolute Gasteiger partial charge is 0.336 e. The molecule has 2 rings (SSSR count). The van der Waals surface area contributed by atoms with Crippen LogP contribution in [-0.4, -0.2) is 16.1 Å². The van der Waals surface area contributed by atoms with E-state index >= 15 is 0 Å². The summed E-state index contributed by atoms with van der Waals surface area (Å²) in [4.78, 5) is 5.60. The monoisotopic (exact) mass is 327 g/mol. The van der Waals surface area contributed by atoms with Crippen LogP contribution in [0.15, 0.2) is 28.4 Å². The molecule has 0 saturated heterocycles. The Morgan fingerprint density at radius 2 is 2.39 bits per heavy atom. The number of hydrogen-bond donors (Lipinski definition) is 1. The molecule has 98 valence electrons. The normalized spacial score (nSPS) is 12.8. The second-order valence-electron chi connectivity index (χ2n) is 4.37. The number of hydrogen-bond acceptors (Lipinski definition) is 3. The van der Waals surface area contributed by atoms with Gasteiger partial charge < -0.3 is 9.88 Å². The van der Waals surface area contributed by atoms with Crippen LogP contribution in [-0.2, 0) is 13.5 Å². The van der Waals surface area contributed by atoms with Gasteiger partial charge in [0.1, 0.15) is 0 Å². The molecule has 0 aliphatic carbocycles. The molecule has 0 fully saturated rings. The van der Waals surface area contributed by atoms with Crippen LogP contribution in [0.2, 0.25) is 0 Å². The van der Waals surface area contributed by atoms with E-state index in [1.807, 2.05) is 19.6 Å². The third kappa shape index (κ3) is 3.43. The van der Waals surface area contributed by atoms with Crippen LogP contribution in [0.4, 0.5) is 0 Å². The molecule has 0 aromatic carbocycles. The summed E-state index contributed by atoms with van der Waals surface area (Å²) in [5, 5.41) is 5.74. The topological polar surface area (TPSA) is 29.9 Å². The van der Waals surface area contributed by atoms with Gasteiger partial charge in [-0.2, -0.15) is 0 Å². The van der Waals surface area contributed by atoms with Gasteiger partial charge in [-0.3, -0.25) is 0 Å². The fraction of sp³-hybridized carbons (Fsp3) is 0.462. The van der Waals surface area contributed by atoms with Crippen molar-refractivity contribution in [3.05, 3.63) is 39.0 Å². The smallest absolute Gasteiger partial charge is 0.0946 e. The van der Waals surface area contributed by atoms with Gasteiger partial charge in [-0.25, -0.2) is 4.98 Å². The third-order valence-corrected chi connectivity index (χ3v) is 4.60. The minimum absolute atomic E-state index is 0.336. The van der Waals surface area contributed by atoms with Gasteiger partial charge in [0.25, 0.3) is 0 Å². The molecule has 0 bridgehead atoms. The van der Waals surface area contributed by atoms with Crippen LogP contribution in [0, 0.1) is 0 Å². The highest BCUT2D eigenvalue weighted by atomic mass is 79.9. The number of nitrogens with one attached hydrogen (secondary N) is 1. The molecular weight excluding hydrogens is 310 g/mol. The van der Waals surface area contributed by atoms with Crippen LogP contribution in [0.3, 0.4) is 0 Å². The molecule has 2 heterocycles. The van der Waals surface area contributed by atoms with E-state index < -0.39 is 0 Å². The molecule has 0 aliphatic rings. The van der Waals surface area contributed by atoms with Crippen LogP contribution < -0.4 is 5.32 Å². The summed E-state index contributed by atoms with van der Waals surface area (Å²) in [5.41, 5.74) is 1.24. The first-order chi connectivity index (χ1) is 8.70. The van der Waals surface area contributed by atoms with Crippen molar-refractivity contribution in [2.24, 2.45) is 7.05 Å². The molecule has 2 aromatic heterocycles. The molecule has 1 atom stereocenters. The standard InChI is InChI=1S/C13H18BrN3S/c1-3-4-16-12(13-7-15-9-17(13)2)6-11-5-10(14)8-18-11/h5,7-9,12,16H,3-4,6H2,1-2H3. The Hall–Kier alpha value is -0.650. The summed E-state index contributed by atoms with van der Waals surface area (Å²) in [6.45, 7) is 3.22. The molecule has 0 aliphatic heterocycles. The van der Waals surface area contributed by atoms with Crippen molar-refractivity contribution in [2.75, 3.05) is 6.54 Å². The zero-order valence-electron chi connectivity index (χ0n) is 10.7. The Labute approximate surface area is 120 Å². The maximum atomic E-state index is 4.21. The Morgan fingerprint density at radius 1 is 1.56 bits per heavy atom. The van der Waals surface area contributed by atoms with Crippen molar-refractivity contribution >= 4 is 27.3 Å². The summed E-state index contributed by atoms with van der Waals surface area (Å²) in [7, 11) is 2.05. The second kappa shape index (κ2) is 6.50. The van der Waals surface area contributed by atoms with E-state index in [9.17, 15) is 0 Å². The SMILES string of the molecule is CCCNC(Cc1cc(Br)cs1)c1cncn1C. The Bertz CT molecular complexity index is 492. The van der Waals surface area contributed by atoms with Crippen molar-refractivity contribution < 1.29 is 0 Å².